The van der Waals surface area contributed by atoms with Crippen LogP contribution in [0.15, 0.2) is 56.8 Å². The molecule has 2 aromatic carbocycles. The first-order valence-electron chi connectivity index (χ1n) is 5.76. The fourth-order valence-electron chi connectivity index (χ4n) is 2.12. The van der Waals surface area contributed by atoms with E-state index in [1.165, 1.54) is 4.70 Å². The Bertz CT molecular complexity index is 736. The summed E-state index contributed by atoms with van der Waals surface area (Å²) in [5, 5.41) is 13.7. The molecule has 0 amide bonds. The molecule has 0 saturated carbocycles. The first-order valence-corrected chi connectivity index (χ1v) is 8.23. The van der Waals surface area contributed by atoms with Gasteiger partial charge >= 0.3 is 0 Å². The third-order valence-corrected chi connectivity index (χ3v) is 5.77. The molecule has 1 heterocycles. The van der Waals surface area contributed by atoms with Crippen molar-refractivity contribution in [2.75, 3.05) is 0 Å². The zero-order valence-corrected chi connectivity index (χ0v) is 13.8. The molecule has 1 atom stereocenters. The minimum Gasteiger partial charge on any atom is -0.384 e. The first-order chi connectivity index (χ1) is 9.18. The molecule has 0 radical (unpaired) electrons. The van der Waals surface area contributed by atoms with Crippen LogP contribution in [0.5, 0.6) is 0 Å². The van der Waals surface area contributed by atoms with Crippen LogP contribution < -0.4 is 0 Å². The van der Waals surface area contributed by atoms with Crippen LogP contribution in [0.25, 0.3) is 10.1 Å². The molecule has 3 aromatic rings. The molecule has 0 bridgehead atoms. The number of hydrogen-bond acceptors (Lipinski definition) is 2. The average molecular weight is 398 g/mol. The van der Waals surface area contributed by atoms with E-state index in [0.717, 1.165) is 25.5 Å². The summed E-state index contributed by atoms with van der Waals surface area (Å²) in [4.78, 5) is 0. The molecule has 19 heavy (non-hydrogen) atoms. The third kappa shape index (κ3) is 2.38. The fraction of sp³-hybridized carbons (Fsp3) is 0.0667. The molecule has 0 saturated heterocycles. The zero-order valence-electron chi connectivity index (χ0n) is 9.81. The molecule has 1 aromatic heterocycles. The largest absolute Gasteiger partial charge is 0.384 e. The van der Waals surface area contributed by atoms with E-state index in [0.29, 0.717) is 0 Å². The number of aliphatic hydroxyl groups excluding tert-OH is 1. The Labute approximate surface area is 132 Å². The van der Waals surface area contributed by atoms with Crippen LogP contribution in [0.2, 0.25) is 0 Å². The minimum atomic E-state index is -0.612. The van der Waals surface area contributed by atoms with Crippen LogP contribution in [0, 0.1) is 0 Å². The van der Waals surface area contributed by atoms with Crippen molar-refractivity contribution in [2.24, 2.45) is 0 Å². The van der Waals surface area contributed by atoms with E-state index in [9.17, 15) is 5.11 Å². The Morgan fingerprint density at radius 1 is 0.895 bits per heavy atom. The zero-order chi connectivity index (χ0) is 13.4. The molecule has 0 aliphatic carbocycles. The summed E-state index contributed by atoms with van der Waals surface area (Å²) in [7, 11) is 0. The molecule has 3 rings (SSSR count). The highest BCUT2D eigenvalue weighted by Crippen LogP contribution is 2.38. The molecule has 0 aliphatic heterocycles. The van der Waals surface area contributed by atoms with Crippen LogP contribution in [-0.4, -0.2) is 5.11 Å². The molecule has 4 heteroatoms. The summed E-state index contributed by atoms with van der Waals surface area (Å²) in [6, 6.07) is 13.8. The number of hydrogen-bond donors (Lipinski definition) is 1. The summed E-state index contributed by atoms with van der Waals surface area (Å²) in [6.45, 7) is 0. The summed E-state index contributed by atoms with van der Waals surface area (Å²) < 4.78 is 3.17. The first kappa shape index (κ1) is 13.3. The van der Waals surface area contributed by atoms with Crippen LogP contribution in [0.4, 0.5) is 0 Å². The smallest absolute Gasteiger partial charge is 0.107 e. The Morgan fingerprint density at radius 2 is 1.63 bits per heavy atom. The van der Waals surface area contributed by atoms with Crippen LogP contribution >= 0.6 is 43.2 Å². The van der Waals surface area contributed by atoms with E-state index < -0.39 is 6.10 Å². The van der Waals surface area contributed by atoms with E-state index in [1.54, 1.807) is 11.3 Å². The van der Waals surface area contributed by atoms with Gasteiger partial charge in [-0.15, -0.1) is 11.3 Å². The van der Waals surface area contributed by atoms with E-state index >= 15 is 0 Å². The Morgan fingerprint density at radius 3 is 2.42 bits per heavy atom. The number of halogens is 2. The molecule has 1 N–H and O–H groups in total. The number of benzene rings is 2. The van der Waals surface area contributed by atoms with E-state index in [2.05, 4.69) is 31.9 Å². The van der Waals surface area contributed by atoms with Gasteiger partial charge in [0.25, 0.3) is 0 Å². The lowest BCUT2D eigenvalue weighted by Crippen LogP contribution is -1.99. The second-order valence-corrected chi connectivity index (χ2v) is 6.82. The van der Waals surface area contributed by atoms with Gasteiger partial charge in [0.05, 0.1) is 0 Å². The van der Waals surface area contributed by atoms with Crippen LogP contribution in [0.1, 0.15) is 17.2 Å². The van der Waals surface area contributed by atoms with Gasteiger partial charge in [-0.1, -0.05) is 46.3 Å². The predicted molar refractivity (Wildman–Crippen MR) is 87.7 cm³/mol. The maximum Gasteiger partial charge on any atom is 0.107 e. The number of rotatable bonds is 2. The van der Waals surface area contributed by atoms with Crippen molar-refractivity contribution >= 4 is 53.3 Å². The molecular weight excluding hydrogens is 388 g/mol. The lowest BCUT2D eigenvalue weighted by atomic mass is 10.0. The molecular formula is C15H10Br2OS. The average Bonchev–Trinajstić information content (AvgIpc) is 2.84. The highest BCUT2D eigenvalue weighted by Gasteiger charge is 2.17. The maximum absolute atomic E-state index is 10.6. The molecule has 1 unspecified atom stereocenters. The van der Waals surface area contributed by atoms with E-state index in [4.69, 9.17) is 0 Å². The van der Waals surface area contributed by atoms with Gasteiger partial charge in [0.15, 0.2) is 0 Å². The van der Waals surface area contributed by atoms with Crippen molar-refractivity contribution in [1.82, 2.24) is 0 Å². The SMILES string of the molecule is OC(c1ccccc1Br)c1csc2c(Br)cccc12. The van der Waals surface area contributed by atoms with Crippen molar-refractivity contribution in [2.45, 2.75) is 6.10 Å². The number of aliphatic hydroxyl groups is 1. The van der Waals surface area contributed by atoms with Gasteiger partial charge in [0, 0.05) is 19.2 Å². The Kier molecular flexibility index (Phi) is 3.76. The van der Waals surface area contributed by atoms with Crippen LogP contribution in [-0.2, 0) is 0 Å². The standard InChI is InChI=1S/C15H10Br2OS/c16-12-6-2-1-4-10(12)14(18)11-8-19-15-9(11)5-3-7-13(15)17/h1-8,14,18H. The third-order valence-electron chi connectivity index (χ3n) is 3.08. The van der Waals surface area contributed by atoms with Gasteiger partial charge < -0.3 is 5.11 Å². The molecule has 1 nitrogen and oxygen atoms in total. The van der Waals surface area contributed by atoms with E-state index in [1.807, 2.05) is 47.8 Å². The Hall–Kier alpha value is -0.680. The number of fused-ring (bicyclic) bond motifs is 1. The lowest BCUT2D eigenvalue weighted by Gasteiger charge is -2.12. The predicted octanol–water partition coefficient (Wildman–Crippen LogP) is 5.51. The second kappa shape index (κ2) is 5.37. The summed E-state index contributed by atoms with van der Waals surface area (Å²) in [5.41, 5.74) is 1.84. The van der Waals surface area contributed by atoms with Crippen molar-refractivity contribution in [3.8, 4) is 0 Å². The fourth-order valence-corrected chi connectivity index (χ4v) is 4.26. The monoisotopic (exact) mass is 396 g/mol. The van der Waals surface area contributed by atoms with Gasteiger partial charge in [-0.3, -0.25) is 0 Å². The minimum absolute atomic E-state index is 0.612. The van der Waals surface area contributed by atoms with Gasteiger partial charge in [-0.25, -0.2) is 0 Å². The summed E-state index contributed by atoms with van der Waals surface area (Å²) in [6.07, 6.45) is -0.612. The van der Waals surface area contributed by atoms with E-state index in [-0.39, 0.29) is 0 Å². The molecule has 0 spiro atoms. The van der Waals surface area contributed by atoms with Crippen LogP contribution in [0.3, 0.4) is 0 Å². The quantitative estimate of drug-likeness (QED) is 0.604. The summed E-state index contributed by atoms with van der Waals surface area (Å²) >= 11 is 8.69. The number of thiophene rings is 1. The highest BCUT2D eigenvalue weighted by molar-refractivity contribution is 9.11. The van der Waals surface area contributed by atoms with Gasteiger partial charge in [0.2, 0.25) is 0 Å². The lowest BCUT2D eigenvalue weighted by molar-refractivity contribution is 0.221. The van der Waals surface area contributed by atoms with Crippen molar-refractivity contribution < 1.29 is 5.11 Å². The normalized spacial score (nSPS) is 12.8. The molecule has 0 fully saturated rings. The maximum atomic E-state index is 10.6. The highest BCUT2D eigenvalue weighted by atomic mass is 79.9. The van der Waals surface area contributed by atoms with Gasteiger partial charge in [0.1, 0.15) is 6.10 Å². The molecule has 96 valence electrons. The molecule has 0 aliphatic rings. The van der Waals surface area contributed by atoms with Crippen molar-refractivity contribution in [1.29, 1.82) is 0 Å². The van der Waals surface area contributed by atoms with Gasteiger partial charge in [-0.05, 0) is 44.4 Å². The topological polar surface area (TPSA) is 20.2 Å². The van der Waals surface area contributed by atoms with Crippen molar-refractivity contribution in [3.63, 3.8) is 0 Å². The Balaban J connectivity index is 2.15. The van der Waals surface area contributed by atoms with Crippen molar-refractivity contribution in [3.05, 3.63) is 67.9 Å². The van der Waals surface area contributed by atoms with Gasteiger partial charge in [-0.2, -0.15) is 0 Å². The second-order valence-electron chi connectivity index (χ2n) is 4.23. The summed E-state index contributed by atoms with van der Waals surface area (Å²) in [5.74, 6) is 0.